The van der Waals surface area contributed by atoms with Crippen LogP contribution in [0, 0.1) is 0 Å². The van der Waals surface area contributed by atoms with Crippen LogP contribution in [0.3, 0.4) is 0 Å². The molecule has 2 N–H and O–H groups in total. The Hall–Kier alpha value is -1.79. The summed E-state index contributed by atoms with van der Waals surface area (Å²) in [5.74, 6) is 1.88. The second-order valence-electron chi connectivity index (χ2n) is 7.30. The van der Waals surface area contributed by atoms with Crippen LogP contribution in [-0.2, 0) is 17.7 Å². The maximum atomic E-state index is 5.96. The fraction of sp³-hybridized carbons (Fsp3) is 0.571. The topological polar surface area (TPSA) is 58.8 Å². The molecule has 0 bridgehead atoms. The summed E-state index contributed by atoms with van der Waals surface area (Å²) in [4.78, 5) is 6.06. The quantitative estimate of drug-likeness (QED) is 0.520. The third kappa shape index (κ3) is 7.03. The zero-order valence-electron chi connectivity index (χ0n) is 16.3. The van der Waals surface area contributed by atoms with Gasteiger partial charge in [-0.1, -0.05) is 6.07 Å². The number of nitrogens with one attached hydrogen (secondary N) is 2. The normalized spacial score (nSPS) is 20.8. The van der Waals surface area contributed by atoms with Crippen LogP contribution < -0.4 is 10.6 Å². The van der Waals surface area contributed by atoms with Gasteiger partial charge in [0.15, 0.2) is 5.96 Å². The van der Waals surface area contributed by atoms with Gasteiger partial charge in [-0.15, -0.1) is 11.3 Å². The van der Waals surface area contributed by atoms with E-state index in [2.05, 4.69) is 42.0 Å². The van der Waals surface area contributed by atoms with E-state index in [4.69, 9.17) is 14.1 Å². The minimum absolute atomic E-state index is 0.311. The Bertz CT molecular complexity index is 660. The second-order valence-corrected chi connectivity index (χ2v) is 8.34. The van der Waals surface area contributed by atoms with Gasteiger partial charge in [0.05, 0.1) is 25.0 Å². The van der Waals surface area contributed by atoms with Crippen molar-refractivity contribution in [3.8, 4) is 0 Å². The number of aliphatic imine (C=N–C) groups is 1. The first-order chi connectivity index (χ1) is 13.2. The number of guanidine groups is 1. The summed E-state index contributed by atoms with van der Waals surface area (Å²) in [5, 5.41) is 9.19. The lowest BCUT2D eigenvalue weighted by atomic mass is 9.93. The molecule has 0 aliphatic heterocycles. The SMILES string of the molecule is CC(C)OC1CCC(NC(=NCc2cccs2)NCCc2ccco2)CC1. The van der Waals surface area contributed by atoms with Gasteiger partial charge >= 0.3 is 0 Å². The van der Waals surface area contributed by atoms with Crippen LogP contribution in [0.2, 0.25) is 0 Å². The van der Waals surface area contributed by atoms with Crippen LogP contribution in [-0.4, -0.2) is 30.8 Å². The highest BCUT2D eigenvalue weighted by atomic mass is 32.1. The number of ether oxygens (including phenoxy) is 1. The summed E-state index contributed by atoms with van der Waals surface area (Å²) in [5.41, 5.74) is 0. The second kappa shape index (κ2) is 10.5. The van der Waals surface area contributed by atoms with Gasteiger partial charge < -0.3 is 19.8 Å². The van der Waals surface area contributed by atoms with E-state index in [1.807, 2.05) is 12.1 Å². The molecule has 0 amide bonds. The van der Waals surface area contributed by atoms with Crippen LogP contribution in [0.25, 0.3) is 0 Å². The fourth-order valence-corrected chi connectivity index (χ4v) is 4.02. The molecular formula is C21H31N3O2S. The zero-order valence-corrected chi connectivity index (χ0v) is 17.1. The molecule has 2 aromatic rings. The first kappa shape index (κ1) is 20.0. The van der Waals surface area contributed by atoms with Gasteiger partial charge in [-0.3, -0.25) is 0 Å². The van der Waals surface area contributed by atoms with E-state index < -0.39 is 0 Å². The Labute approximate surface area is 166 Å². The Kier molecular flexibility index (Phi) is 7.78. The molecule has 1 saturated carbocycles. The number of furan rings is 1. The lowest BCUT2D eigenvalue weighted by Gasteiger charge is -2.31. The van der Waals surface area contributed by atoms with Gasteiger partial charge in [0.1, 0.15) is 5.76 Å². The van der Waals surface area contributed by atoms with Crippen molar-refractivity contribution in [3.63, 3.8) is 0 Å². The highest BCUT2D eigenvalue weighted by Gasteiger charge is 2.23. The summed E-state index contributed by atoms with van der Waals surface area (Å²) in [6, 6.07) is 8.59. The minimum Gasteiger partial charge on any atom is -0.469 e. The van der Waals surface area contributed by atoms with Crippen molar-refractivity contribution < 1.29 is 9.15 Å². The smallest absolute Gasteiger partial charge is 0.191 e. The highest BCUT2D eigenvalue weighted by molar-refractivity contribution is 7.09. The molecule has 0 unspecified atom stereocenters. The number of rotatable bonds is 8. The maximum absolute atomic E-state index is 5.96. The average molecular weight is 390 g/mol. The van der Waals surface area contributed by atoms with E-state index in [0.717, 1.165) is 50.4 Å². The van der Waals surface area contributed by atoms with Crippen LogP contribution in [0.5, 0.6) is 0 Å². The molecule has 2 aromatic heterocycles. The van der Waals surface area contributed by atoms with Crippen molar-refractivity contribution in [1.29, 1.82) is 0 Å². The number of nitrogens with zero attached hydrogens (tertiary/aromatic N) is 1. The molecule has 1 aliphatic carbocycles. The van der Waals surface area contributed by atoms with E-state index in [9.17, 15) is 0 Å². The van der Waals surface area contributed by atoms with Crippen molar-refractivity contribution in [1.82, 2.24) is 10.6 Å². The first-order valence-corrected chi connectivity index (χ1v) is 10.8. The van der Waals surface area contributed by atoms with E-state index >= 15 is 0 Å². The van der Waals surface area contributed by atoms with Gasteiger partial charge in [-0.2, -0.15) is 0 Å². The van der Waals surface area contributed by atoms with E-state index in [1.165, 1.54) is 4.88 Å². The molecule has 1 aliphatic rings. The van der Waals surface area contributed by atoms with Crippen LogP contribution >= 0.6 is 11.3 Å². The van der Waals surface area contributed by atoms with Crippen molar-refractivity contribution in [2.24, 2.45) is 4.99 Å². The van der Waals surface area contributed by atoms with E-state index in [-0.39, 0.29) is 0 Å². The molecule has 0 spiro atoms. The largest absolute Gasteiger partial charge is 0.469 e. The van der Waals surface area contributed by atoms with Gasteiger partial charge in [0.2, 0.25) is 0 Å². The summed E-state index contributed by atoms with van der Waals surface area (Å²) < 4.78 is 11.4. The van der Waals surface area contributed by atoms with Crippen LogP contribution in [0.4, 0.5) is 0 Å². The third-order valence-electron chi connectivity index (χ3n) is 4.70. The Morgan fingerprint density at radius 1 is 1.26 bits per heavy atom. The van der Waals surface area contributed by atoms with Crippen LogP contribution in [0.1, 0.15) is 50.2 Å². The Balaban J connectivity index is 1.50. The fourth-order valence-electron chi connectivity index (χ4n) is 3.39. The van der Waals surface area contributed by atoms with E-state index in [1.54, 1.807) is 17.6 Å². The lowest BCUT2D eigenvalue weighted by molar-refractivity contribution is -0.0152. The van der Waals surface area contributed by atoms with Crippen molar-refractivity contribution in [3.05, 3.63) is 46.5 Å². The van der Waals surface area contributed by atoms with E-state index in [0.29, 0.717) is 24.8 Å². The summed E-state index contributed by atoms with van der Waals surface area (Å²) in [6.07, 6.45) is 7.75. The monoisotopic (exact) mass is 389 g/mol. The Morgan fingerprint density at radius 3 is 2.78 bits per heavy atom. The lowest BCUT2D eigenvalue weighted by Crippen LogP contribution is -2.46. The third-order valence-corrected chi connectivity index (χ3v) is 5.56. The standard InChI is InChI=1S/C21H31N3O2S/c1-16(2)26-19-9-7-17(8-10-19)24-21(23-15-20-6-4-14-27-20)22-12-11-18-5-3-13-25-18/h3-6,13-14,16-17,19H,7-12,15H2,1-2H3,(H2,22,23,24). The number of thiophene rings is 1. The molecule has 5 nitrogen and oxygen atoms in total. The molecule has 148 valence electrons. The predicted molar refractivity (Wildman–Crippen MR) is 111 cm³/mol. The number of hydrogen-bond donors (Lipinski definition) is 2. The van der Waals surface area contributed by atoms with Crippen molar-refractivity contribution in [2.75, 3.05) is 6.54 Å². The van der Waals surface area contributed by atoms with Crippen molar-refractivity contribution >= 4 is 17.3 Å². The summed E-state index contributed by atoms with van der Waals surface area (Å²) in [6.45, 7) is 5.74. The molecule has 27 heavy (non-hydrogen) atoms. The molecule has 6 heteroatoms. The molecule has 0 saturated heterocycles. The van der Waals surface area contributed by atoms with Crippen LogP contribution in [0.15, 0.2) is 45.3 Å². The van der Waals surface area contributed by atoms with Gasteiger partial charge in [-0.05, 0) is 63.1 Å². The van der Waals surface area contributed by atoms with Crippen molar-refractivity contribution in [2.45, 2.75) is 70.7 Å². The Morgan fingerprint density at radius 2 is 2.11 bits per heavy atom. The maximum Gasteiger partial charge on any atom is 0.191 e. The predicted octanol–water partition coefficient (Wildman–Crippen LogP) is 4.36. The van der Waals surface area contributed by atoms with Gasteiger partial charge in [-0.25, -0.2) is 4.99 Å². The molecule has 0 aromatic carbocycles. The molecule has 0 radical (unpaired) electrons. The van der Waals surface area contributed by atoms with Gasteiger partial charge in [0, 0.05) is 23.9 Å². The molecule has 1 fully saturated rings. The minimum atomic E-state index is 0.311. The summed E-state index contributed by atoms with van der Waals surface area (Å²) in [7, 11) is 0. The zero-order chi connectivity index (χ0) is 18.9. The molecule has 0 atom stereocenters. The molecule has 2 heterocycles. The number of hydrogen-bond acceptors (Lipinski definition) is 4. The first-order valence-electron chi connectivity index (χ1n) is 9.94. The molecule has 3 rings (SSSR count). The van der Waals surface area contributed by atoms with Gasteiger partial charge in [0.25, 0.3) is 0 Å². The average Bonchev–Trinajstić information content (AvgIpc) is 3.34. The highest BCUT2D eigenvalue weighted by Crippen LogP contribution is 2.22. The summed E-state index contributed by atoms with van der Waals surface area (Å²) >= 11 is 1.74. The molecular weight excluding hydrogens is 358 g/mol.